The Balaban J connectivity index is 1.56. The number of hydrogen-bond donors (Lipinski definition) is 1. The third kappa shape index (κ3) is 6.30. The number of thioether (sulfide) groups is 1. The highest BCUT2D eigenvalue weighted by Gasteiger charge is 2.25. The van der Waals surface area contributed by atoms with E-state index in [4.69, 9.17) is 4.74 Å². The molecule has 0 aliphatic heterocycles. The van der Waals surface area contributed by atoms with E-state index in [1.54, 1.807) is 54.6 Å². The van der Waals surface area contributed by atoms with Gasteiger partial charge < -0.3 is 10.1 Å². The lowest BCUT2D eigenvalue weighted by Gasteiger charge is -2.19. The van der Waals surface area contributed by atoms with Crippen molar-refractivity contribution in [2.45, 2.75) is 24.1 Å². The molecule has 1 aromatic heterocycles. The van der Waals surface area contributed by atoms with Gasteiger partial charge in [-0.1, -0.05) is 90.6 Å². The third-order valence-corrected chi connectivity index (χ3v) is 5.77. The Hall–Kier alpha value is -3.97. The molecular weight excluding hydrogens is 446 g/mol. The molecule has 1 atom stereocenters. The maximum absolute atomic E-state index is 13.2. The minimum absolute atomic E-state index is 0.214. The average Bonchev–Trinajstić information content (AvgIpc) is 2.88. The van der Waals surface area contributed by atoms with Crippen LogP contribution in [0.3, 0.4) is 0 Å². The third-order valence-electron chi connectivity index (χ3n) is 4.85. The molecule has 0 aliphatic carbocycles. The first-order valence-corrected chi connectivity index (χ1v) is 11.7. The minimum Gasteiger partial charge on any atom is -0.446 e. The predicted octanol–water partition coefficient (Wildman–Crippen LogP) is 5.10. The molecule has 0 spiro atoms. The molecule has 6 nitrogen and oxygen atoms in total. The Morgan fingerprint density at radius 2 is 1.44 bits per heavy atom. The zero-order valence-electron chi connectivity index (χ0n) is 18.5. The van der Waals surface area contributed by atoms with Crippen molar-refractivity contribution in [3.63, 3.8) is 0 Å². The van der Waals surface area contributed by atoms with Gasteiger partial charge in [0.15, 0.2) is 5.16 Å². The van der Waals surface area contributed by atoms with Crippen molar-refractivity contribution in [3.8, 4) is 5.88 Å². The molecule has 0 saturated heterocycles. The van der Waals surface area contributed by atoms with Gasteiger partial charge in [-0.2, -0.15) is 4.98 Å². The fraction of sp³-hybridized carbons (Fsp3) is 0.111. The zero-order valence-corrected chi connectivity index (χ0v) is 19.4. The van der Waals surface area contributed by atoms with Crippen molar-refractivity contribution < 1.29 is 14.3 Å². The monoisotopic (exact) mass is 469 g/mol. The molecule has 0 bridgehead atoms. The molecule has 170 valence electrons. The highest BCUT2D eigenvalue weighted by atomic mass is 32.2. The summed E-state index contributed by atoms with van der Waals surface area (Å²) in [6.45, 7) is 1.83. The molecule has 0 saturated carbocycles. The lowest BCUT2D eigenvalue weighted by molar-refractivity contribution is 0.0648. The normalized spacial score (nSPS) is 11.4. The summed E-state index contributed by atoms with van der Waals surface area (Å²) in [6, 6.07) is 29.0. The Labute approximate surface area is 202 Å². The Morgan fingerprint density at radius 1 is 0.853 bits per heavy atom. The highest BCUT2D eigenvalue weighted by Crippen LogP contribution is 2.23. The summed E-state index contributed by atoms with van der Waals surface area (Å²) in [6.07, 6.45) is -1.25. The molecule has 4 rings (SSSR count). The van der Waals surface area contributed by atoms with Crippen LogP contribution >= 0.6 is 11.8 Å². The van der Waals surface area contributed by atoms with Crippen molar-refractivity contribution in [1.29, 1.82) is 0 Å². The summed E-state index contributed by atoms with van der Waals surface area (Å²) in [5.41, 5.74) is 2.69. The molecular formula is C27H23N3O3S. The van der Waals surface area contributed by atoms with E-state index in [-0.39, 0.29) is 11.7 Å². The smallest absolute Gasteiger partial charge is 0.254 e. The van der Waals surface area contributed by atoms with Gasteiger partial charge in [0.25, 0.3) is 5.91 Å². The Kier molecular flexibility index (Phi) is 7.67. The van der Waals surface area contributed by atoms with E-state index in [2.05, 4.69) is 15.3 Å². The fourth-order valence-corrected chi connectivity index (χ4v) is 4.03. The van der Waals surface area contributed by atoms with Crippen LogP contribution in [0, 0.1) is 6.92 Å². The topological polar surface area (TPSA) is 81.2 Å². The van der Waals surface area contributed by atoms with Gasteiger partial charge in [0.2, 0.25) is 17.9 Å². The first-order chi connectivity index (χ1) is 16.6. The number of nitrogens with one attached hydrogen (secondary N) is 1. The van der Waals surface area contributed by atoms with Crippen LogP contribution in [-0.2, 0) is 5.75 Å². The number of aryl methyl sites for hydroxylation is 1. The van der Waals surface area contributed by atoms with Gasteiger partial charge in [-0.25, -0.2) is 4.98 Å². The zero-order chi connectivity index (χ0) is 23.8. The molecule has 4 aromatic rings. The minimum atomic E-state index is -1.25. The van der Waals surface area contributed by atoms with E-state index in [1.165, 1.54) is 11.8 Å². The molecule has 34 heavy (non-hydrogen) atoms. The number of carbonyl (C=O) groups is 2. The van der Waals surface area contributed by atoms with Gasteiger partial charge in [0.05, 0.1) is 0 Å². The van der Waals surface area contributed by atoms with Crippen LogP contribution in [0.5, 0.6) is 5.88 Å². The van der Waals surface area contributed by atoms with E-state index in [0.29, 0.717) is 27.7 Å². The highest BCUT2D eigenvalue weighted by molar-refractivity contribution is 7.98. The summed E-state index contributed by atoms with van der Waals surface area (Å²) < 4.78 is 5.95. The molecule has 7 heteroatoms. The molecule has 3 aromatic carbocycles. The van der Waals surface area contributed by atoms with Crippen molar-refractivity contribution in [3.05, 3.63) is 119 Å². The van der Waals surface area contributed by atoms with E-state index >= 15 is 0 Å². The van der Waals surface area contributed by atoms with Crippen molar-refractivity contribution in [1.82, 2.24) is 15.3 Å². The quantitative estimate of drug-likeness (QED) is 0.159. The van der Waals surface area contributed by atoms with Gasteiger partial charge in [-0.3, -0.25) is 9.59 Å². The van der Waals surface area contributed by atoms with Crippen LogP contribution < -0.4 is 10.1 Å². The van der Waals surface area contributed by atoms with Crippen LogP contribution in [0.2, 0.25) is 0 Å². The number of ether oxygens (including phenoxy) is 1. The van der Waals surface area contributed by atoms with Crippen molar-refractivity contribution >= 4 is 23.5 Å². The van der Waals surface area contributed by atoms with Crippen molar-refractivity contribution in [2.24, 2.45) is 0 Å². The summed E-state index contributed by atoms with van der Waals surface area (Å²) in [7, 11) is 0. The first-order valence-electron chi connectivity index (χ1n) is 10.7. The van der Waals surface area contributed by atoms with Crippen LogP contribution in [0.15, 0.2) is 102 Å². The van der Waals surface area contributed by atoms with E-state index < -0.39 is 12.1 Å². The molecule has 1 N–H and O–H groups in total. The summed E-state index contributed by atoms with van der Waals surface area (Å²) in [4.78, 5) is 34.9. The predicted molar refractivity (Wildman–Crippen MR) is 132 cm³/mol. The number of Topliss-reactive ketones (excluding diaryl/α,β-unsaturated/α-hetero) is 1. The van der Waals surface area contributed by atoms with Gasteiger partial charge in [0.1, 0.15) is 0 Å². The summed E-state index contributed by atoms with van der Waals surface area (Å²) in [5, 5.41) is 3.23. The van der Waals surface area contributed by atoms with E-state index in [9.17, 15) is 9.59 Å². The lowest BCUT2D eigenvalue weighted by Crippen LogP contribution is -2.45. The van der Waals surface area contributed by atoms with Gasteiger partial charge in [0, 0.05) is 28.6 Å². The lowest BCUT2D eigenvalue weighted by atomic mass is 10.1. The van der Waals surface area contributed by atoms with Crippen LogP contribution in [0.4, 0.5) is 0 Å². The molecule has 1 heterocycles. The number of rotatable bonds is 9. The van der Waals surface area contributed by atoms with Gasteiger partial charge >= 0.3 is 0 Å². The number of ketones is 1. The summed E-state index contributed by atoms with van der Waals surface area (Å²) in [5.74, 6) is 0.116. The largest absolute Gasteiger partial charge is 0.446 e. The second kappa shape index (κ2) is 11.2. The number of hydrogen-bond acceptors (Lipinski definition) is 6. The van der Waals surface area contributed by atoms with Gasteiger partial charge in [-0.15, -0.1) is 0 Å². The maximum atomic E-state index is 13.2. The molecule has 1 unspecified atom stereocenters. The fourth-order valence-electron chi connectivity index (χ4n) is 3.18. The number of aromatic nitrogens is 2. The van der Waals surface area contributed by atoms with Crippen LogP contribution in [-0.4, -0.2) is 27.9 Å². The van der Waals surface area contributed by atoms with E-state index in [0.717, 1.165) is 5.56 Å². The second-order valence-corrected chi connectivity index (χ2v) is 8.41. The molecule has 0 fully saturated rings. The number of carbonyl (C=O) groups excluding carboxylic acids is 2. The molecule has 0 radical (unpaired) electrons. The standard InChI is InChI=1S/C27H23N3O3S/c1-19-17-23(29-27(28-19)34-18-20-11-5-2-6-12-20)33-26(24(31)21-13-7-3-8-14-21)30-25(32)22-15-9-4-10-16-22/h2-17,26H,18H2,1H3,(H,30,32). The Morgan fingerprint density at radius 3 is 2.09 bits per heavy atom. The first kappa shape index (κ1) is 23.2. The molecule has 1 amide bonds. The number of amides is 1. The second-order valence-electron chi connectivity index (χ2n) is 7.47. The van der Waals surface area contributed by atoms with Gasteiger partial charge in [-0.05, 0) is 24.6 Å². The maximum Gasteiger partial charge on any atom is 0.254 e. The SMILES string of the molecule is Cc1cc(OC(NC(=O)c2ccccc2)C(=O)c2ccccc2)nc(SCc2ccccc2)n1. The van der Waals surface area contributed by atoms with E-state index in [1.807, 2.05) is 49.4 Å². The number of benzene rings is 3. The molecule has 0 aliphatic rings. The van der Waals surface area contributed by atoms with Crippen molar-refractivity contribution in [2.75, 3.05) is 0 Å². The summed E-state index contributed by atoms with van der Waals surface area (Å²) >= 11 is 1.47. The average molecular weight is 470 g/mol. The Bertz CT molecular complexity index is 1250. The number of nitrogens with zero attached hydrogens (tertiary/aromatic N) is 2. The van der Waals surface area contributed by atoms with Crippen LogP contribution in [0.1, 0.15) is 32.0 Å². The van der Waals surface area contributed by atoms with Crippen LogP contribution in [0.25, 0.3) is 0 Å².